The summed E-state index contributed by atoms with van der Waals surface area (Å²) < 4.78 is 0. The number of nitrogens with zero attached hydrogens (tertiary/aromatic N) is 1. The molecule has 0 aliphatic carbocycles. The number of hydrogen-bond acceptors (Lipinski definition) is 5. The summed E-state index contributed by atoms with van der Waals surface area (Å²) in [5, 5.41) is 8.93. The molecule has 1 heterocycles. The van der Waals surface area contributed by atoms with E-state index < -0.39 is 12.0 Å². The molecule has 2 N–H and O–H groups in total. The number of aliphatic carboxylic acids is 1. The van der Waals surface area contributed by atoms with Gasteiger partial charge >= 0.3 is 5.97 Å². The second-order valence-corrected chi connectivity index (χ2v) is 5.75. The van der Waals surface area contributed by atoms with Gasteiger partial charge in [0.2, 0.25) is 5.91 Å². The molecule has 1 fully saturated rings. The second-order valence-electron chi connectivity index (χ2n) is 4.75. The SMILES string of the molecule is CC(C)(C)ONCC(=O)N1CSC[C@H]1C(=O)O. The number of amides is 1. The van der Waals surface area contributed by atoms with Gasteiger partial charge in [0.25, 0.3) is 0 Å². The van der Waals surface area contributed by atoms with Crippen LogP contribution in [0.3, 0.4) is 0 Å². The minimum atomic E-state index is -0.958. The maximum Gasteiger partial charge on any atom is 0.327 e. The van der Waals surface area contributed by atoms with Crippen LogP contribution in [-0.4, -0.2) is 51.7 Å². The predicted molar refractivity (Wildman–Crippen MR) is 64.4 cm³/mol. The fraction of sp³-hybridized carbons (Fsp3) is 0.800. The van der Waals surface area contributed by atoms with E-state index in [0.29, 0.717) is 11.6 Å². The zero-order valence-corrected chi connectivity index (χ0v) is 11.0. The smallest absolute Gasteiger partial charge is 0.327 e. The maximum atomic E-state index is 11.8. The lowest BCUT2D eigenvalue weighted by Gasteiger charge is -2.23. The van der Waals surface area contributed by atoms with Crippen LogP contribution in [0.4, 0.5) is 0 Å². The first-order valence-corrected chi connectivity index (χ1v) is 6.47. The van der Waals surface area contributed by atoms with Gasteiger partial charge in [0, 0.05) is 5.75 Å². The van der Waals surface area contributed by atoms with Crippen LogP contribution in [0, 0.1) is 0 Å². The highest BCUT2D eigenvalue weighted by atomic mass is 32.2. The molecule has 0 radical (unpaired) electrons. The van der Waals surface area contributed by atoms with Gasteiger partial charge in [-0.05, 0) is 20.8 Å². The van der Waals surface area contributed by atoms with Gasteiger partial charge in [0.1, 0.15) is 12.6 Å². The van der Waals surface area contributed by atoms with Gasteiger partial charge in [-0.2, -0.15) is 5.48 Å². The third kappa shape index (κ3) is 4.53. The van der Waals surface area contributed by atoms with Crippen molar-refractivity contribution < 1.29 is 19.5 Å². The molecule has 1 aliphatic heterocycles. The van der Waals surface area contributed by atoms with Crippen molar-refractivity contribution in [2.24, 2.45) is 0 Å². The van der Waals surface area contributed by atoms with Gasteiger partial charge in [-0.15, -0.1) is 11.8 Å². The average molecular weight is 262 g/mol. The van der Waals surface area contributed by atoms with Crippen LogP contribution in [-0.2, 0) is 14.4 Å². The van der Waals surface area contributed by atoms with Crippen molar-refractivity contribution in [1.82, 2.24) is 10.4 Å². The molecule has 1 rings (SSSR count). The number of carbonyl (C=O) groups excluding carboxylic acids is 1. The topological polar surface area (TPSA) is 78.9 Å². The average Bonchev–Trinajstić information content (AvgIpc) is 2.63. The molecule has 6 nitrogen and oxygen atoms in total. The molecule has 1 amide bonds. The summed E-state index contributed by atoms with van der Waals surface area (Å²) in [4.78, 5) is 29.2. The van der Waals surface area contributed by atoms with Gasteiger partial charge in [-0.25, -0.2) is 4.79 Å². The quantitative estimate of drug-likeness (QED) is 0.709. The Kier molecular flexibility index (Phi) is 4.79. The Labute approximate surface area is 105 Å². The third-order valence-electron chi connectivity index (χ3n) is 2.09. The van der Waals surface area contributed by atoms with E-state index in [-0.39, 0.29) is 18.1 Å². The van der Waals surface area contributed by atoms with E-state index in [1.54, 1.807) is 0 Å². The number of carboxylic acids is 1. The van der Waals surface area contributed by atoms with E-state index in [1.165, 1.54) is 16.7 Å². The molecule has 7 heteroatoms. The van der Waals surface area contributed by atoms with Crippen LogP contribution in [0.5, 0.6) is 0 Å². The van der Waals surface area contributed by atoms with Gasteiger partial charge in [0.05, 0.1) is 11.5 Å². The summed E-state index contributed by atoms with van der Waals surface area (Å²) in [6, 6.07) is -0.719. The molecule has 0 saturated carbocycles. The molecule has 0 aromatic heterocycles. The summed E-state index contributed by atoms with van der Waals surface area (Å²) in [5.41, 5.74) is 2.19. The molecule has 0 spiro atoms. The molecular formula is C10H18N2O4S. The third-order valence-corrected chi connectivity index (χ3v) is 3.10. The molecule has 0 aromatic rings. The number of carbonyl (C=O) groups is 2. The van der Waals surface area contributed by atoms with Crippen molar-refractivity contribution >= 4 is 23.6 Å². The standard InChI is InChI=1S/C10H18N2O4S/c1-10(2,3)16-11-4-8(13)12-6-17-5-7(12)9(14)15/h7,11H,4-6H2,1-3H3,(H,14,15)/t7-/m0/s1. The number of hydroxylamine groups is 1. The first-order chi connectivity index (χ1) is 7.81. The molecule has 0 unspecified atom stereocenters. The lowest BCUT2D eigenvalue weighted by Crippen LogP contribution is -2.46. The molecule has 0 bridgehead atoms. The number of rotatable bonds is 4. The zero-order chi connectivity index (χ0) is 13.1. The highest BCUT2D eigenvalue weighted by Gasteiger charge is 2.34. The van der Waals surface area contributed by atoms with Crippen molar-refractivity contribution in [2.75, 3.05) is 18.2 Å². The normalized spacial score (nSPS) is 20.6. The minimum Gasteiger partial charge on any atom is -0.480 e. The lowest BCUT2D eigenvalue weighted by atomic mass is 10.2. The summed E-state index contributed by atoms with van der Waals surface area (Å²) >= 11 is 1.44. The number of carboxylic acid groups (broad SMARTS) is 1. The van der Waals surface area contributed by atoms with Crippen molar-refractivity contribution in [3.05, 3.63) is 0 Å². The Morgan fingerprint density at radius 3 is 2.71 bits per heavy atom. The summed E-state index contributed by atoms with van der Waals surface area (Å²) in [7, 11) is 0. The van der Waals surface area contributed by atoms with Gasteiger partial charge in [0.15, 0.2) is 0 Å². The van der Waals surface area contributed by atoms with E-state index in [2.05, 4.69) is 5.48 Å². The van der Waals surface area contributed by atoms with E-state index in [9.17, 15) is 9.59 Å². The molecule has 0 aromatic carbocycles. The van der Waals surface area contributed by atoms with Crippen LogP contribution in [0.25, 0.3) is 0 Å². The molecular weight excluding hydrogens is 244 g/mol. The molecule has 1 atom stereocenters. The Balaban J connectivity index is 2.40. The number of thioether (sulfide) groups is 1. The first kappa shape index (κ1) is 14.3. The fourth-order valence-corrected chi connectivity index (χ4v) is 2.48. The van der Waals surface area contributed by atoms with Crippen LogP contribution >= 0.6 is 11.8 Å². The Morgan fingerprint density at radius 1 is 1.53 bits per heavy atom. The highest BCUT2D eigenvalue weighted by molar-refractivity contribution is 7.99. The summed E-state index contributed by atoms with van der Waals surface area (Å²) in [6.07, 6.45) is 0. The zero-order valence-electron chi connectivity index (χ0n) is 10.2. The Bertz CT molecular complexity index is 303. The van der Waals surface area contributed by atoms with Crippen LogP contribution in [0.15, 0.2) is 0 Å². The first-order valence-electron chi connectivity index (χ1n) is 5.32. The van der Waals surface area contributed by atoms with Crippen molar-refractivity contribution in [3.63, 3.8) is 0 Å². The van der Waals surface area contributed by atoms with E-state index >= 15 is 0 Å². The highest BCUT2D eigenvalue weighted by Crippen LogP contribution is 2.20. The van der Waals surface area contributed by atoms with Crippen LogP contribution in [0.2, 0.25) is 0 Å². The van der Waals surface area contributed by atoms with E-state index in [4.69, 9.17) is 9.94 Å². The van der Waals surface area contributed by atoms with Gasteiger partial charge in [-0.1, -0.05) is 0 Å². The van der Waals surface area contributed by atoms with Crippen molar-refractivity contribution in [2.45, 2.75) is 32.4 Å². The number of hydrogen-bond donors (Lipinski definition) is 2. The second kappa shape index (κ2) is 5.70. The molecule has 98 valence electrons. The van der Waals surface area contributed by atoms with Crippen LogP contribution in [0.1, 0.15) is 20.8 Å². The van der Waals surface area contributed by atoms with Crippen molar-refractivity contribution in [3.8, 4) is 0 Å². The van der Waals surface area contributed by atoms with E-state index in [1.807, 2.05) is 20.8 Å². The lowest BCUT2D eigenvalue weighted by molar-refractivity contribution is -0.149. The van der Waals surface area contributed by atoms with Gasteiger partial charge in [-0.3, -0.25) is 9.63 Å². The monoisotopic (exact) mass is 262 g/mol. The maximum absolute atomic E-state index is 11.8. The Hall–Kier alpha value is -0.790. The molecule has 1 saturated heterocycles. The summed E-state index contributed by atoms with van der Waals surface area (Å²) in [6.45, 7) is 5.56. The largest absolute Gasteiger partial charge is 0.480 e. The number of nitrogens with one attached hydrogen (secondary N) is 1. The Morgan fingerprint density at radius 2 is 2.18 bits per heavy atom. The van der Waals surface area contributed by atoms with E-state index in [0.717, 1.165) is 0 Å². The van der Waals surface area contributed by atoms with Crippen molar-refractivity contribution in [1.29, 1.82) is 0 Å². The molecule has 17 heavy (non-hydrogen) atoms. The fourth-order valence-electron chi connectivity index (χ4n) is 1.31. The molecule has 1 aliphatic rings. The van der Waals surface area contributed by atoms with Crippen LogP contribution < -0.4 is 5.48 Å². The summed E-state index contributed by atoms with van der Waals surface area (Å²) in [5.74, 6) is -0.347. The minimum absolute atomic E-state index is 0.0123. The van der Waals surface area contributed by atoms with Gasteiger partial charge < -0.3 is 10.0 Å². The predicted octanol–water partition coefficient (Wildman–Crippen LogP) is 0.292.